The van der Waals surface area contributed by atoms with Gasteiger partial charge >= 0.3 is 0 Å². The highest BCUT2D eigenvalue weighted by atomic mass is 16.5. The van der Waals surface area contributed by atoms with Gasteiger partial charge in [0.2, 0.25) is 0 Å². The Morgan fingerprint density at radius 3 is 2.50 bits per heavy atom. The van der Waals surface area contributed by atoms with Crippen molar-refractivity contribution in [3.8, 4) is 11.5 Å². The minimum atomic E-state index is 0.211. The lowest BCUT2D eigenvalue weighted by Crippen LogP contribution is -2.20. The quantitative estimate of drug-likeness (QED) is 0.568. The number of hydrogen-bond acceptors (Lipinski definition) is 7. The fourth-order valence-electron chi connectivity index (χ4n) is 3.02. The molecule has 28 heavy (non-hydrogen) atoms. The molecule has 0 aliphatic carbocycles. The zero-order valence-electron chi connectivity index (χ0n) is 15.5. The van der Waals surface area contributed by atoms with Crippen molar-refractivity contribution in [1.82, 2.24) is 9.97 Å². The van der Waals surface area contributed by atoms with E-state index in [1.807, 2.05) is 54.6 Å². The second-order valence-electron chi connectivity index (χ2n) is 6.56. The third-order valence-electron chi connectivity index (χ3n) is 4.50. The molecule has 2 heterocycles. The second-order valence-corrected chi connectivity index (χ2v) is 6.56. The van der Waals surface area contributed by atoms with Crippen LogP contribution in [0.4, 0.5) is 23.0 Å². The van der Waals surface area contributed by atoms with Crippen LogP contribution in [0.2, 0.25) is 0 Å². The Hall–Kier alpha value is -3.32. The van der Waals surface area contributed by atoms with Gasteiger partial charge in [-0.2, -0.15) is 0 Å². The van der Waals surface area contributed by atoms with Gasteiger partial charge in [-0.15, -0.1) is 0 Å². The van der Waals surface area contributed by atoms with Crippen molar-refractivity contribution >= 4 is 23.0 Å². The van der Waals surface area contributed by atoms with Gasteiger partial charge < -0.3 is 25.8 Å². The summed E-state index contributed by atoms with van der Waals surface area (Å²) in [4.78, 5) is 8.49. The van der Waals surface area contributed by atoms with E-state index >= 15 is 0 Å². The van der Waals surface area contributed by atoms with E-state index in [4.69, 9.17) is 15.2 Å². The third-order valence-corrected chi connectivity index (χ3v) is 4.50. The number of hydrogen-bond donors (Lipinski definition) is 3. The summed E-state index contributed by atoms with van der Waals surface area (Å²) in [5.41, 5.74) is 7.57. The Labute approximate surface area is 163 Å². The molecule has 0 saturated carbocycles. The number of nitrogen functional groups attached to an aromatic ring is 1. The fourth-order valence-corrected chi connectivity index (χ4v) is 3.02. The van der Waals surface area contributed by atoms with E-state index in [2.05, 4.69) is 20.6 Å². The van der Waals surface area contributed by atoms with E-state index in [1.165, 1.54) is 6.33 Å². The number of nitrogens with zero attached hydrogens (tertiary/aromatic N) is 2. The predicted molar refractivity (Wildman–Crippen MR) is 110 cm³/mol. The summed E-state index contributed by atoms with van der Waals surface area (Å²) in [7, 11) is 0. The van der Waals surface area contributed by atoms with Crippen LogP contribution in [0.15, 0.2) is 60.9 Å². The number of para-hydroxylation sites is 1. The van der Waals surface area contributed by atoms with Crippen molar-refractivity contribution in [2.75, 3.05) is 29.5 Å². The predicted octanol–water partition coefficient (Wildman–Crippen LogP) is 4.19. The van der Waals surface area contributed by atoms with Crippen molar-refractivity contribution in [3.63, 3.8) is 0 Å². The molecule has 144 valence electrons. The first kappa shape index (κ1) is 18.1. The largest absolute Gasteiger partial charge is 0.457 e. The lowest BCUT2D eigenvalue weighted by Gasteiger charge is -2.15. The Morgan fingerprint density at radius 1 is 1.00 bits per heavy atom. The molecule has 4 N–H and O–H groups in total. The first-order valence-corrected chi connectivity index (χ1v) is 9.34. The number of nitrogens with one attached hydrogen (secondary N) is 2. The number of benzene rings is 2. The van der Waals surface area contributed by atoms with Crippen LogP contribution in [-0.4, -0.2) is 29.2 Å². The molecule has 1 aromatic heterocycles. The van der Waals surface area contributed by atoms with Crippen LogP contribution in [-0.2, 0) is 4.74 Å². The number of nitrogens with two attached hydrogens (primary N) is 1. The van der Waals surface area contributed by atoms with E-state index < -0.39 is 0 Å². The molecule has 1 atom stereocenters. The highest BCUT2D eigenvalue weighted by Gasteiger charge is 2.16. The summed E-state index contributed by atoms with van der Waals surface area (Å²) in [6.07, 6.45) is 3.86. The molecule has 0 bridgehead atoms. The lowest BCUT2D eigenvalue weighted by atomic mass is 10.2. The summed E-state index contributed by atoms with van der Waals surface area (Å²) in [5.74, 6) is 2.72. The highest BCUT2D eigenvalue weighted by molar-refractivity contribution is 5.77. The standard InChI is InChI=1S/C21H23N5O2/c22-19-20(23-13-18-7-4-12-27-18)24-14-25-21(19)26-15-8-10-17(11-9-15)28-16-5-2-1-3-6-16/h1-3,5-6,8-11,14,18H,4,7,12-13,22H2,(H2,23,24,25,26). The maximum Gasteiger partial charge on any atom is 0.159 e. The van der Waals surface area contributed by atoms with Gasteiger partial charge in [-0.3, -0.25) is 0 Å². The van der Waals surface area contributed by atoms with Crippen LogP contribution >= 0.6 is 0 Å². The van der Waals surface area contributed by atoms with Gasteiger partial charge in [0.15, 0.2) is 11.6 Å². The first-order valence-electron chi connectivity index (χ1n) is 9.34. The molecule has 1 fully saturated rings. The summed E-state index contributed by atoms with van der Waals surface area (Å²) < 4.78 is 11.4. The summed E-state index contributed by atoms with van der Waals surface area (Å²) in [6, 6.07) is 17.3. The minimum absolute atomic E-state index is 0.211. The highest BCUT2D eigenvalue weighted by Crippen LogP contribution is 2.28. The topological polar surface area (TPSA) is 94.3 Å². The van der Waals surface area contributed by atoms with E-state index in [9.17, 15) is 0 Å². The summed E-state index contributed by atoms with van der Waals surface area (Å²) in [6.45, 7) is 1.51. The molecule has 0 radical (unpaired) electrons. The monoisotopic (exact) mass is 377 g/mol. The molecule has 3 aromatic rings. The molecule has 2 aromatic carbocycles. The van der Waals surface area contributed by atoms with Crippen LogP contribution in [0.3, 0.4) is 0 Å². The molecule has 7 heteroatoms. The number of ether oxygens (including phenoxy) is 2. The Balaban J connectivity index is 1.40. The van der Waals surface area contributed by atoms with Gasteiger partial charge in [-0.1, -0.05) is 18.2 Å². The molecule has 0 amide bonds. The fraction of sp³-hybridized carbons (Fsp3) is 0.238. The Kier molecular flexibility index (Phi) is 5.53. The Bertz CT molecular complexity index is 896. The van der Waals surface area contributed by atoms with Crippen LogP contribution in [0.5, 0.6) is 11.5 Å². The molecular weight excluding hydrogens is 354 g/mol. The molecule has 1 unspecified atom stereocenters. The molecule has 1 aliphatic rings. The van der Waals surface area contributed by atoms with Crippen molar-refractivity contribution in [2.45, 2.75) is 18.9 Å². The average Bonchev–Trinajstić information content (AvgIpc) is 3.25. The van der Waals surface area contributed by atoms with E-state index in [0.717, 1.165) is 36.6 Å². The minimum Gasteiger partial charge on any atom is -0.457 e. The maximum absolute atomic E-state index is 6.23. The van der Waals surface area contributed by atoms with Crippen LogP contribution in [0.1, 0.15) is 12.8 Å². The molecule has 0 spiro atoms. The molecular formula is C21H23N5O2. The zero-order valence-corrected chi connectivity index (χ0v) is 15.5. The van der Waals surface area contributed by atoms with Crippen molar-refractivity contribution in [1.29, 1.82) is 0 Å². The normalized spacial score (nSPS) is 15.9. The molecule has 4 rings (SSSR count). The maximum atomic E-state index is 6.23. The van der Waals surface area contributed by atoms with E-state index in [-0.39, 0.29) is 6.10 Å². The smallest absolute Gasteiger partial charge is 0.159 e. The molecule has 1 saturated heterocycles. The number of rotatable bonds is 7. The van der Waals surface area contributed by atoms with Crippen molar-refractivity contribution in [2.24, 2.45) is 0 Å². The van der Waals surface area contributed by atoms with Gasteiger partial charge in [-0.05, 0) is 49.2 Å². The summed E-state index contributed by atoms with van der Waals surface area (Å²) >= 11 is 0. The Morgan fingerprint density at radius 2 is 1.75 bits per heavy atom. The van der Waals surface area contributed by atoms with Gasteiger partial charge in [0.05, 0.1) is 6.10 Å². The molecule has 7 nitrogen and oxygen atoms in total. The van der Waals surface area contributed by atoms with Gasteiger partial charge in [0, 0.05) is 18.8 Å². The number of aromatic nitrogens is 2. The summed E-state index contributed by atoms with van der Waals surface area (Å²) in [5, 5.41) is 6.49. The van der Waals surface area contributed by atoms with Crippen LogP contribution in [0, 0.1) is 0 Å². The van der Waals surface area contributed by atoms with Gasteiger partial charge in [0.1, 0.15) is 23.5 Å². The lowest BCUT2D eigenvalue weighted by molar-refractivity contribution is 0.120. The van der Waals surface area contributed by atoms with Crippen molar-refractivity contribution < 1.29 is 9.47 Å². The second kappa shape index (κ2) is 8.58. The van der Waals surface area contributed by atoms with Gasteiger partial charge in [-0.25, -0.2) is 9.97 Å². The SMILES string of the molecule is Nc1c(NCC2CCCO2)ncnc1Nc1ccc(Oc2ccccc2)cc1. The van der Waals surface area contributed by atoms with Gasteiger partial charge in [0.25, 0.3) is 0 Å². The van der Waals surface area contributed by atoms with Crippen molar-refractivity contribution in [3.05, 3.63) is 60.9 Å². The van der Waals surface area contributed by atoms with Crippen LogP contribution < -0.4 is 21.1 Å². The van der Waals surface area contributed by atoms with Crippen LogP contribution in [0.25, 0.3) is 0 Å². The zero-order chi connectivity index (χ0) is 19.2. The third kappa shape index (κ3) is 4.50. The van der Waals surface area contributed by atoms with E-state index in [0.29, 0.717) is 23.9 Å². The first-order chi connectivity index (χ1) is 13.8. The number of anilines is 4. The van der Waals surface area contributed by atoms with E-state index in [1.54, 1.807) is 0 Å². The average molecular weight is 377 g/mol. The molecule has 1 aliphatic heterocycles.